The summed E-state index contributed by atoms with van der Waals surface area (Å²) in [7, 11) is -4.03. The first-order chi connectivity index (χ1) is 9.49. The highest BCUT2D eigenvalue weighted by atomic mass is 35.5. The summed E-state index contributed by atoms with van der Waals surface area (Å²) in [5.74, 6) is 0.236. The Kier molecular flexibility index (Phi) is 4.21. The first-order valence-corrected chi connectivity index (χ1v) is 7.34. The first-order valence-electron chi connectivity index (χ1n) is 5.48. The predicted molar refractivity (Wildman–Crippen MR) is 75.0 cm³/mol. The highest BCUT2D eigenvalue weighted by Gasteiger charge is 2.20. The molecule has 104 valence electrons. The second kappa shape index (κ2) is 5.89. The van der Waals surface area contributed by atoms with Gasteiger partial charge in [-0.3, -0.25) is 5.32 Å². The van der Waals surface area contributed by atoms with Crippen molar-refractivity contribution in [3.05, 3.63) is 53.7 Å². The molecule has 2 rings (SSSR count). The monoisotopic (exact) mass is 311 g/mol. The minimum Gasteiger partial charge on any atom is -0.292 e. The number of amides is 2. The Balaban J connectivity index is 2.13. The first kappa shape index (κ1) is 14.3. The minimum absolute atomic E-state index is 0.0330. The van der Waals surface area contributed by atoms with E-state index in [1.165, 1.54) is 30.5 Å². The average molecular weight is 312 g/mol. The van der Waals surface area contributed by atoms with Crippen molar-refractivity contribution in [2.45, 2.75) is 4.90 Å². The van der Waals surface area contributed by atoms with E-state index in [-0.39, 0.29) is 15.7 Å². The molecule has 8 heteroatoms. The molecule has 0 radical (unpaired) electrons. The number of nitrogens with zero attached hydrogens (tertiary/aromatic N) is 1. The van der Waals surface area contributed by atoms with E-state index >= 15 is 0 Å². The summed E-state index contributed by atoms with van der Waals surface area (Å²) in [4.78, 5) is 15.3. The van der Waals surface area contributed by atoms with Crippen LogP contribution in [0.5, 0.6) is 0 Å². The van der Waals surface area contributed by atoms with Gasteiger partial charge in [-0.15, -0.1) is 0 Å². The van der Waals surface area contributed by atoms with Crippen LogP contribution in [0.2, 0.25) is 5.02 Å². The molecule has 0 fully saturated rings. The van der Waals surface area contributed by atoms with Gasteiger partial charge in [0, 0.05) is 6.20 Å². The number of sulfonamides is 1. The van der Waals surface area contributed by atoms with Crippen LogP contribution in [0, 0.1) is 0 Å². The van der Waals surface area contributed by atoms with Crippen LogP contribution in [0.3, 0.4) is 0 Å². The average Bonchev–Trinajstić information content (AvgIpc) is 2.39. The van der Waals surface area contributed by atoms with E-state index in [4.69, 9.17) is 11.6 Å². The Bertz CT molecular complexity index is 720. The zero-order chi connectivity index (χ0) is 14.6. The third-order valence-electron chi connectivity index (χ3n) is 2.26. The van der Waals surface area contributed by atoms with E-state index in [1.54, 1.807) is 18.2 Å². The standard InChI is InChI=1S/C12H10ClN3O3S/c13-9-5-1-2-6-10(9)20(18,19)16-12(17)15-11-7-3-4-8-14-11/h1-8H,(H2,14,15,16,17). The fraction of sp³-hybridized carbons (Fsp3) is 0. The number of nitrogens with one attached hydrogen (secondary N) is 2. The molecule has 0 spiro atoms. The highest BCUT2D eigenvalue weighted by molar-refractivity contribution is 7.90. The van der Waals surface area contributed by atoms with Crippen molar-refractivity contribution in [1.82, 2.24) is 9.71 Å². The number of aromatic nitrogens is 1. The lowest BCUT2D eigenvalue weighted by Gasteiger charge is -2.09. The Morgan fingerprint density at radius 1 is 1.10 bits per heavy atom. The van der Waals surface area contributed by atoms with Crippen molar-refractivity contribution < 1.29 is 13.2 Å². The molecule has 0 aliphatic heterocycles. The fourth-order valence-corrected chi connectivity index (χ4v) is 2.85. The van der Waals surface area contributed by atoms with Crippen molar-refractivity contribution in [2.75, 3.05) is 5.32 Å². The van der Waals surface area contributed by atoms with Gasteiger partial charge in [-0.05, 0) is 24.3 Å². The Labute approximate surface area is 120 Å². The van der Waals surface area contributed by atoms with Crippen LogP contribution >= 0.6 is 11.6 Å². The molecule has 2 N–H and O–H groups in total. The molecule has 0 unspecified atom stereocenters. The number of carbonyl (C=O) groups excluding carboxylic acids is 1. The van der Waals surface area contributed by atoms with E-state index in [1.807, 2.05) is 4.72 Å². The smallest absolute Gasteiger partial charge is 0.292 e. The van der Waals surface area contributed by atoms with Gasteiger partial charge in [0.25, 0.3) is 10.0 Å². The maximum atomic E-state index is 12.0. The molecule has 0 atom stereocenters. The molecule has 6 nitrogen and oxygen atoms in total. The van der Waals surface area contributed by atoms with Crippen molar-refractivity contribution in [1.29, 1.82) is 0 Å². The number of urea groups is 1. The Morgan fingerprint density at radius 2 is 1.80 bits per heavy atom. The van der Waals surface area contributed by atoms with Crippen molar-refractivity contribution in [3.63, 3.8) is 0 Å². The summed E-state index contributed by atoms with van der Waals surface area (Å²) in [6.07, 6.45) is 1.47. The van der Waals surface area contributed by atoms with Crippen molar-refractivity contribution in [2.24, 2.45) is 0 Å². The summed E-state index contributed by atoms with van der Waals surface area (Å²) in [6.45, 7) is 0. The predicted octanol–water partition coefficient (Wildman–Crippen LogP) is 2.25. The number of carbonyl (C=O) groups is 1. The Morgan fingerprint density at radius 3 is 2.45 bits per heavy atom. The topological polar surface area (TPSA) is 88.2 Å². The quantitative estimate of drug-likeness (QED) is 0.910. The minimum atomic E-state index is -4.03. The van der Waals surface area contributed by atoms with Crippen LogP contribution in [-0.4, -0.2) is 19.4 Å². The molecule has 20 heavy (non-hydrogen) atoms. The zero-order valence-electron chi connectivity index (χ0n) is 10.1. The second-order valence-corrected chi connectivity index (χ2v) is 5.76. The van der Waals surface area contributed by atoms with E-state index in [2.05, 4.69) is 10.3 Å². The van der Waals surface area contributed by atoms with Gasteiger partial charge >= 0.3 is 6.03 Å². The van der Waals surface area contributed by atoms with Crippen molar-refractivity contribution >= 4 is 33.5 Å². The lowest BCUT2D eigenvalue weighted by Crippen LogP contribution is -2.34. The van der Waals surface area contributed by atoms with Crippen molar-refractivity contribution in [3.8, 4) is 0 Å². The van der Waals surface area contributed by atoms with Crippen LogP contribution in [0.1, 0.15) is 0 Å². The molecule has 0 aliphatic rings. The lowest BCUT2D eigenvalue weighted by molar-refractivity contribution is 0.256. The van der Waals surface area contributed by atoms with Crippen LogP contribution in [0.25, 0.3) is 0 Å². The van der Waals surface area contributed by atoms with Crippen LogP contribution in [0.4, 0.5) is 10.6 Å². The zero-order valence-corrected chi connectivity index (χ0v) is 11.6. The van der Waals surface area contributed by atoms with Crippen LogP contribution in [-0.2, 0) is 10.0 Å². The SMILES string of the molecule is O=C(Nc1ccccn1)NS(=O)(=O)c1ccccc1Cl. The molecule has 0 saturated carbocycles. The van der Waals surface area contributed by atoms with Crippen LogP contribution in [0.15, 0.2) is 53.6 Å². The maximum absolute atomic E-state index is 12.0. The van der Waals surface area contributed by atoms with Gasteiger partial charge in [0.1, 0.15) is 10.7 Å². The van der Waals surface area contributed by atoms with Crippen LogP contribution < -0.4 is 10.0 Å². The molecular formula is C12H10ClN3O3S. The molecular weight excluding hydrogens is 302 g/mol. The number of anilines is 1. The second-order valence-electron chi connectivity index (χ2n) is 3.71. The number of hydrogen-bond acceptors (Lipinski definition) is 4. The van der Waals surface area contributed by atoms with Gasteiger partial charge in [0.15, 0.2) is 0 Å². The van der Waals surface area contributed by atoms with Gasteiger partial charge in [-0.2, -0.15) is 0 Å². The molecule has 2 aromatic rings. The van der Waals surface area contributed by atoms with Gasteiger partial charge in [0.05, 0.1) is 5.02 Å². The third-order valence-corrected chi connectivity index (χ3v) is 4.09. The fourth-order valence-electron chi connectivity index (χ4n) is 1.42. The molecule has 1 heterocycles. The van der Waals surface area contributed by atoms with E-state index < -0.39 is 16.1 Å². The van der Waals surface area contributed by atoms with E-state index in [0.717, 1.165) is 0 Å². The van der Waals surface area contributed by atoms with E-state index in [9.17, 15) is 13.2 Å². The largest absolute Gasteiger partial charge is 0.334 e. The molecule has 1 aromatic heterocycles. The molecule has 0 bridgehead atoms. The summed E-state index contributed by atoms with van der Waals surface area (Å²) in [5, 5.41) is 2.34. The summed E-state index contributed by atoms with van der Waals surface area (Å²) >= 11 is 5.79. The molecule has 0 aliphatic carbocycles. The van der Waals surface area contributed by atoms with Gasteiger partial charge in [0.2, 0.25) is 0 Å². The molecule has 2 amide bonds. The normalized spacial score (nSPS) is 10.8. The number of benzene rings is 1. The lowest BCUT2D eigenvalue weighted by atomic mass is 10.4. The highest BCUT2D eigenvalue weighted by Crippen LogP contribution is 2.20. The molecule has 0 saturated heterocycles. The van der Waals surface area contributed by atoms with E-state index in [0.29, 0.717) is 0 Å². The number of rotatable bonds is 3. The number of pyridine rings is 1. The number of halogens is 1. The summed E-state index contributed by atoms with van der Waals surface area (Å²) in [5.41, 5.74) is 0. The van der Waals surface area contributed by atoms with Gasteiger partial charge < -0.3 is 0 Å². The third kappa shape index (κ3) is 3.46. The van der Waals surface area contributed by atoms with Gasteiger partial charge in [-0.25, -0.2) is 22.9 Å². The Hall–Kier alpha value is -2.12. The van der Waals surface area contributed by atoms with Gasteiger partial charge in [-0.1, -0.05) is 29.8 Å². The maximum Gasteiger partial charge on any atom is 0.334 e. The summed E-state index contributed by atoms with van der Waals surface area (Å²) in [6, 6.07) is 9.78. The summed E-state index contributed by atoms with van der Waals surface area (Å²) < 4.78 is 25.8. The number of hydrogen-bond donors (Lipinski definition) is 2. The molecule has 1 aromatic carbocycles.